The molecule has 2 rings (SSSR count). The second-order valence-electron chi connectivity index (χ2n) is 4.58. The Bertz CT molecular complexity index is 213. The molecule has 0 aromatic heterocycles. The van der Waals surface area contributed by atoms with Crippen molar-refractivity contribution in [3.8, 4) is 0 Å². The van der Waals surface area contributed by atoms with Gasteiger partial charge in [0, 0.05) is 25.6 Å². The summed E-state index contributed by atoms with van der Waals surface area (Å²) in [5.41, 5.74) is 0. The van der Waals surface area contributed by atoms with E-state index < -0.39 is 0 Å². The van der Waals surface area contributed by atoms with Crippen molar-refractivity contribution in [1.29, 1.82) is 0 Å². The molecule has 0 spiro atoms. The number of carbonyl (C=O) groups is 1. The van der Waals surface area contributed by atoms with E-state index in [1.165, 1.54) is 19.3 Å². The predicted molar refractivity (Wildman–Crippen MR) is 63.3 cm³/mol. The molecule has 0 bridgehead atoms. The Labute approximate surface area is 98.0 Å². The van der Waals surface area contributed by atoms with Crippen molar-refractivity contribution in [2.24, 2.45) is 5.92 Å². The first-order valence-electron chi connectivity index (χ1n) is 5.76. The van der Waals surface area contributed by atoms with E-state index >= 15 is 0 Å². The number of rotatable bonds is 2. The molecule has 1 saturated heterocycles. The lowest BCUT2D eigenvalue weighted by Crippen LogP contribution is -2.49. The molecule has 2 fully saturated rings. The molecule has 0 aromatic carbocycles. The molecule has 1 amide bonds. The Kier molecular flexibility index (Phi) is 4.87. The molecule has 1 saturated carbocycles. The van der Waals surface area contributed by atoms with Crippen LogP contribution in [-0.4, -0.2) is 37.0 Å². The van der Waals surface area contributed by atoms with Gasteiger partial charge in [-0.05, 0) is 32.2 Å². The van der Waals surface area contributed by atoms with Crippen LogP contribution in [-0.2, 0) is 4.79 Å². The minimum Gasteiger partial charge on any atom is -0.341 e. The number of likely N-dealkylation sites (N-methyl/N-ethyl adjacent to an activating group) is 1. The molecule has 2 aliphatic rings. The van der Waals surface area contributed by atoms with Crippen molar-refractivity contribution >= 4 is 18.3 Å². The zero-order chi connectivity index (χ0) is 9.97. The number of nitrogens with zero attached hydrogens (tertiary/aromatic N) is 1. The summed E-state index contributed by atoms with van der Waals surface area (Å²) < 4.78 is 0. The van der Waals surface area contributed by atoms with Crippen LogP contribution in [0.3, 0.4) is 0 Å². The lowest BCUT2D eigenvalue weighted by molar-refractivity contribution is -0.139. The number of hydrogen-bond donors (Lipinski definition) is 1. The molecular formula is C11H21ClN2O. The van der Waals surface area contributed by atoms with Gasteiger partial charge in [0.1, 0.15) is 0 Å². The fraction of sp³-hybridized carbons (Fsp3) is 0.909. The molecule has 0 unspecified atom stereocenters. The lowest BCUT2D eigenvalue weighted by atomic mass is 9.84. The number of halogens is 1. The van der Waals surface area contributed by atoms with E-state index in [9.17, 15) is 4.79 Å². The van der Waals surface area contributed by atoms with E-state index in [1.54, 1.807) is 0 Å². The summed E-state index contributed by atoms with van der Waals surface area (Å²) in [4.78, 5) is 13.9. The van der Waals surface area contributed by atoms with Crippen LogP contribution in [0.15, 0.2) is 0 Å². The Morgan fingerprint density at radius 1 is 1.27 bits per heavy atom. The monoisotopic (exact) mass is 232 g/mol. The van der Waals surface area contributed by atoms with Crippen LogP contribution in [0.5, 0.6) is 0 Å². The van der Waals surface area contributed by atoms with Crippen molar-refractivity contribution in [3.05, 3.63) is 0 Å². The van der Waals surface area contributed by atoms with E-state index in [-0.39, 0.29) is 12.4 Å². The van der Waals surface area contributed by atoms with Gasteiger partial charge in [-0.2, -0.15) is 0 Å². The first-order chi connectivity index (χ1) is 6.79. The van der Waals surface area contributed by atoms with Gasteiger partial charge in [-0.3, -0.25) is 4.79 Å². The van der Waals surface area contributed by atoms with Crippen molar-refractivity contribution in [1.82, 2.24) is 10.2 Å². The highest BCUT2D eigenvalue weighted by atomic mass is 35.5. The third-order valence-corrected chi connectivity index (χ3v) is 3.62. The number of nitrogens with one attached hydrogen (secondary N) is 1. The van der Waals surface area contributed by atoms with E-state index in [1.807, 2.05) is 11.9 Å². The first-order valence-corrected chi connectivity index (χ1v) is 5.76. The summed E-state index contributed by atoms with van der Waals surface area (Å²) in [5, 5.41) is 3.35. The lowest BCUT2D eigenvalue weighted by Gasteiger charge is -2.36. The number of carbonyl (C=O) groups excluding carboxylic acids is 1. The molecule has 4 heteroatoms. The standard InChI is InChI=1S/C11H20N2O.ClH/c1-13(10-6-3-7-12-8-10)11(14)9-4-2-5-9;/h9-10,12H,2-8H2,1H3;1H/t10-;/m1./s1. The largest absolute Gasteiger partial charge is 0.341 e. The van der Waals surface area contributed by atoms with Gasteiger partial charge in [0.05, 0.1) is 0 Å². The van der Waals surface area contributed by atoms with Crippen molar-refractivity contribution < 1.29 is 4.79 Å². The summed E-state index contributed by atoms with van der Waals surface area (Å²) in [6.45, 7) is 2.09. The van der Waals surface area contributed by atoms with Crippen LogP contribution in [0, 0.1) is 5.92 Å². The zero-order valence-corrected chi connectivity index (χ0v) is 10.2. The second-order valence-corrected chi connectivity index (χ2v) is 4.58. The number of amides is 1. The van der Waals surface area contributed by atoms with Crippen molar-refractivity contribution in [2.45, 2.75) is 38.1 Å². The maximum Gasteiger partial charge on any atom is 0.225 e. The van der Waals surface area contributed by atoms with Crippen LogP contribution < -0.4 is 5.32 Å². The Hall–Kier alpha value is -0.280. The van der Waals surface area contributed by atoms with E-state index in [4.69, 9.17) is 0 Å². The smallest absolute Gasteiger partial charge is 0.225 e. The van der Waals surface area contributed by atoms with Gasteiger partial charge in [0.15, 0.2) is 0 Å². The fourth-order valence-electron chi connectivity index (χ4n) is 2.29. The van der Waals surface area contributed by atoms with Gasteiger partial charge in [0.2, 0.25) is 5.91 Å². The quantitative estimate of drug-likeness (QED) is 0.781. The summed E-state index contributed by atoms with van der Waals surface area (Å²) in [7, 11) is 1.97. The van der Waals surface area contributed by atoms with Gasteiger partial charge in [0.25, 0.3) is 0 Å². The van der Waals surface area contributed by atoms with Crippen molar-refractivity contribution in [2.75, 3.05) is 20.1 Å². The molecule has 1 N–H and O–H groups in total. The fourth-order valence-corrected chi connectivity index (χ4v) is 2.29. The third-order valence-electron chi connectivity index (χ3n) is 3.62. The number of piperidine rings is 1. The summed E-state index contributed by atoms with van der Waals surface area (Å²) >= 11 is 0. The van der Waals surface area contributed by atoms with Crippen LogP contribution >= 0.6 is 12.4 Å². The van der Waals surface area contributed by atoms with Gasteiger partial charge in [-0.25, -0.2) is 0 Å². The van der Waals surface area contributed by atoms with Crippen LogP contribution in [0.4, 0.5) is 0 Å². The van der Waals surface area contributed by atoms with Gasteiger partial charge < -0.3 is 10.2 Å². The Morgan fingerprint density at radius 2 is 2.00 bits per heavy atom. The molecule has 88 valence electrons. The Balaban J connectivity index is 0.00000112. The average Bonchev–Trinajstić information content (AvgIpc) is 2.15. The number of hydrogen-bond acceptors (Lipinski definition) is 2. The molecule has 15 heavy (non-hydrogen) atoms. The summed E-state index contributed by atoms with van der Waals surface area (Å²) in [6.07, 6.45) is 5.84. The van der Waals surface area contributed by atoms with Crippen LogP contribution in [0.2, 0.25) is 0 Å². The van der Waals surface area contributed by atoms with E-state index in [0.717, 1.165) is 25.9 Å². The SMILES string of the molecule is CN(C(=O)C1CCC1)[C@@H]1CCCNC1.Cl. The molecule has 0 aromatic rings. The minimum absolute atomic E-state index is 0. The highest BCUT2D eigenvalue weighted by molar-refractivity contribution is 5.85. The zero-order valence-electron chi connectivity index (χ0n) is 9.37. The molecule has 3 nitrogen and oxygen atoms in total. The van der Waals surface area contributed by atoms with E-state index in [0.29, 0.717) is 17.9 Å². The maximum atomic E-state index is 11.9. The first kappa shape index (κ1) is 12.8. The third kappa shape index (κ3) is 2.85. The van der Waals surface area contributed by atoms with Gasteiger partial charge in [-0.15, -0.1) is 12.4 Å². The maximum absolute atomic E-state index is 11.9. The predicted octanol–water partition coefficient (Wildman–Crippen LogP) is 1.42. The summed E-state index contributed by atoms with van der Waals surface area (Å²) in [6, 6.07) is 0.442. The molecule has 1 heterocycles. The second kappa shape index (κ2) is 5.71. The average molecular weight is 233 g/mol. The topological polar surface area (TPSA) is 32.3 Å². The molecular weight excluding hydrogens is 212 g/mol. The molecule has 1 atom stereocenters. The molecule has 1 aliphatic heterocycles. The van der Waals surface area contributed by atoms with Gasteiger partial charge >= 0.3 is 0 Å². The highest BCUT2D eigenvalue weighted by Crippen LogP contribution is 2.28. The normalized spacial score (nSPS) is 26.3. The highest BCUT2D eigenvalue weighted by Gasteiger charge is 2.31. The van der Waals surface area contributed by atoms with Gasteiger partial charge in [-0.1, -0.05) is 6.42 Å². The molecule has 0 radical (unpaired) electrons. The Morgan fingerprint density at radius 3 is 2.47 bits per heavy atom. The van der Waals surface area contributed by atoms with E-state index in [2.05, 4.69) is 5.32 Å². The molecule has 1 aliphatic carbocycles. The summed E-state index contributed by atoms with van der Waals surface area (Å²) in [5.74, 6) is 0.729. The van der Waals surface area contributed by atoms with Crippen LogP contribution in [0.1, 0.15) is 32.1 Å². The van der Waals surface area contributed by atoms with Crippen LogP contribution in [0.25, 0.3) is 0 Å². The minimum atomic E-state index is 0. The van der Waals surface area contributed by atoms with Crippen molar-refractivity contribution in [3.63, 3.8) is 0 Å².